The number of aromatic nitrogens is 2. The van der Waals surface area contributed by atoms with E-state index in [9.17, 15) is 5.11 Å². The molecule has 0 bridgehead atoms. The first-order valence-electron chi connectivity index (χ1n) is 7.16. The molecule has 1 aliphatic carbocycles. The molecule has 19 heavy (non-hydrogen) atoms. The Kier molecular flexibility index (Phi) is 4.03. The van der Waals surface area contributed by atoms with E-state index in [2.05, 4.69) is 30.8 Å². The second-order valence-corrected chi connectivity index (χ2v) is 6.62. The third kappa shape index (κ3) is 2.92. The summed E-state index contributed by atoms with van der Waals surface area (Å²) in [5.74, 6) is 1.45. The van der Waals surface area contributed by atoms with E-state index in [1.165, 1.54) is 32.1 Å². The Hall–Kier alpha value is -0.680. The molecule has 5 heteroatoms. The molecule has 2 fully saturated rings. The standard InChI is InChI=1S/C14H20BrN3O/c15-11-7-16-14(17-8-11)18-9-12(19)6-13(18)10-4-2-1-3-5-10/h7-8,10,12-13,19H,1-6,9H2/t12-,13+/m0/s1. The highest BCUT2D eigenvalue weighted by molar-refractivity contribution is 9.10. The zero-order chi connectivity index (χ0) is 13.2. The molecule has 1 aromatic heterocycles. The van der Waals surface area contributed by atoms with Crippen LogP contribution in [0.3, 0.4) is 0 Å². The molecule has 2 aliphatic rings. The van der Waals surface area contributed by atoms with Crippen molar-refractivity contribution < 1.29 is 5.11 Å². The summed E-state index contributed by atoms with van der Waals surface area (Å²) >= 11 is 3.36. The Morgan fingerprint density at radius 2 is 1.84 bits per heavy atom. The topological polar surface area (TPSA) is 49.2 Å². The predicted octanol–water partition coefficient (Wildman–Crippen LogP) is 2.76. The SMILES string of the molecule is O[C@H]1C[C@H](C2CCCCC2)N(c2ncc(Br)cn2)C1. The smallest absolute Gasteiger partial charge is 0.225 e. The summed E-state index contributed by atoms with van der Waals surface area (Å²) in [5, 5.41) is 10.0. The molecule has 1 N–H and O–H groups in total. The number of rotatable bonds is 2. The van der Waals surface area contributed by atoms with Crippen LogP contribution in [-0.4, -0.2) is 33.8 Å². The van der Waals surface area contributed by atoms with Gasteiger partial charge in [-0.05, 0) is 41.1 Å². The first kappa shape index (κ1) is 13.3. The molecule has 3 rings (SSSR count). The molecule has 4 nitrogen and oxygen atoms in total. The Labute approximate surface area is 122 Å². The molecule has 0 spiro atoms. The number of hydrogen-bond donors (Lipinski definition) is 1. The summed E-state index contributed by atoms with van der Waals surface area (Å²) in [6.45, 7) is 0.669. The lowest BCUT2D eigenvalue weighted by molar-refractivity contribution is 0.185. The molecule has 0 unspecified atom stereocenters. The molecule has 104 valence electrons. The summed E-state index contributed by atoms with van der Waals surface area (Å²) in [7, 11) is 0. The van der Waals surface area contributed by atoms with Crippen molar-refractivity contribution in [2.45, 2.75) is 50.7 Å². The minimum atomic E-state index is -0.237. The molecular weight excluding hydrogens is 306 g/mol. The Balaban J connectivity index is 1.79. The maximum Gasteiger partial charge on any atom is 0.225 e. The van der Waals surface area contributed by atoms with Crippen molar-refractivity contribution in [2.75, 3.05) is 11.4 Å². The van der Waals surface area contributed by atoms with Gasteiger partial charge in [0.05, 0.1) is 10.6 Å². The van der Waals surface area contributed by atoms with E-state index in [1.54, 1.807) is 12.4 Å². The minimum absolute atomic E-state index is 0.237. The van der Waals surface area contributed by atoms with Crippen LogP contribution in [0, 0.1) is 5.92 Å². The second-order valence-electron chi connectivity index (χ2n) is 5.71. The van der Waals surface area contributed by atoms with Crippen molar-refractivity contribution >= 4 is 21.9 Å². The van der Waals surface area contributed by atoms with Crippen LogP contribution in [0.2, 0.25) is 0 Å². The lowest BCUT2D eigenvalue weighted by atomic mass is 9.83. The van der Waals surface area contributed by atoms with Crippen molar-refractivity contribution in [1.82, 2.24) is 9.97 Å². The molecule has 1 aliphatic heterocycles. The number of β-amino-alcohol motifs (C(OH)–C–C–N with tert-alkyl or cyclic N) is 1. The quantitative estimate of drug-likeness (QED) is 0.908. The van der Waals surface area contributed by atoms with Crippen LogP contribution in [-0.2, 0) is 0 Å². The fourth-order valence-electron chi connectivity index (χ4n) is 3.49. The fraction of sp³-hybridized carbons (Fsp3) is 0.714. The second kappa shape index (κ2) is 5.75. The van der Waals surface area contributed by atoms with Gasteiger partial charge in [-0.1, -0.05) is 19.3 Å². The van der Waals surface area contributed by atoms with Gasteiger partial charge in [-0.25, -0.2) is 9.97 Å². The molecule has 0 radical (unpaired) electrons. The van der Waals surface area contributed by atoms with Gasteiger partial charge in [0.2, 0.25) is 5.95 Å². The van der Waals surface area contributed by atoms with Crippen molar-refractivity contribution in [2.24, 2.45) is 5.92 Å². The summed E-state index contributed by atoms with van der Waals surface area (Å²) in [6, 6.07) is 0.413. The van der Waals surface area contributed by atoms with Crippen LogP contribution >= 0.6 is 15.9 Å². The highest BCUT2D eigenvalue weighted by Crippen LogP contribution is 2.35. The lowest BCUT2D eigenvalue weighted by Gasteiger charge is -2.33. The van der Waals surface area contributed by atoms with Crippen LogP contribution in [0.4, 0.5) is 5.95 Å². The van der Waals surface area contributed by atoms with E-state index >= 15 is 0 Å². The van der Waals surface area contributed by atoms with Crippen LogP contribution in [0.15, 0.2) is 16.9 Å². The molecule has 0 aromatic carbocycles. The van der Waals surface area contributed by atoms with Crippen molar-refractivity contribution in [1.29, 1.82) is 0 Å². The summed E-state index contributed by atoms with van der Waals surface area (Å²) in [4.78, 5) is 11.0. The molecule has 1 saturated carbocycles. The summed E-state index contributed by atoms with van der Waals surface area (Å²) < 4.78 is 0.894. The summed E-state index contributed by atoms with van der Waals surface area (Å²) in [6.07, 6.45) is 10.8. The van der Waals surface area contributed by atoms with Gasteiger partial charge in [0.25, 0.3) is 0 Å². The van der Waals surface area contributed by atoms with E-state index in [-0.39, 0.29) is 6.10 Å². The number of halogens is 1. The van der Waals surface area contributed by atoms with Crippen LogP contribution < -0.4 is 4.90 Å². The Morgan fingerprint density at radius 3 is 2.53 bits per heavy atom. The number of aliphatic hydroxyl groups excluding tert-OH is 1. The Bertz CT molecular complexity index is 419. The van der Waals surface area contributed by atoms with Crippen LogP contribution in [0.1, 0.15) is 38.5 Å². The Morgan fingerprint density at radius 1 is 1.16 bits per heavy atom. The zero-order valence-corrected chi connectivity index (χ0v) is 12.6. The molecule has 1 saturated heterocycles. The van der Waals surface area contributed by atoms with Gasteiger partial charge >= 0.3 is 0 Å². The third-order valence-electron chi connectivity index (χ3n) is 4.38. The van der Waals surface area contributed by atoms with Gasteiger partial charge in [-0.15, -0.1) is 0 Å². The normalized spacial score (nSPS) is 28.8. The van der Waals surface area contributed by atoms with E-state index in [4.69, 9.17) is 0 Å². The molecule has 2 heterocycles. The fourth-order valence-corrected chi connectivity index (χ4v) is 3.70. The van der Waals surface area contributed by atoms with Gasteiger partial charge in [-0.3, -0.25) is 0 Å². The van der Waals surface area contributed by atoms with Gasteiger partial charge < -0.3 is 10.0 Å². The largest absolute Gasteiger partial charge is 0.391 e. The average molecular weight is 326 g/mol. The van der Waals surface area contributed by atoms with Crippen molar-refractivity contribution in [3.63, 3.8) is 0 Å². The monoisotopic (exact) mass is 325 g/mol. The van der Waals surface area contributed by atoms with E-state index in [0.717, 1.165) is 16.8 Å². The van der Waals surface area contributed by atoms with Crippen LogP contribution in [0.25, 0.3) is 0 Å². The zero-order valence-electron chi connectivity index (χ0n) is 11.0. The highest BCUT2D eigenvalue weighted by atomic mass is 79.9. The van der Waals surface area contributed by atoms with Gasteiger partial charge in [0.1, 0.15) is 0 Å². The predicted molar refractivity (Wildman–Crippen MR) is 78.1 cm³/mol. The van der Waals surface area contributed by atoms with Gasteiger partial charge in [0.15, 0.2) is 0 Å². The number of aliphatic hydroxyl groups is 1. The first-order valence-corrected chi connectivity index (χ1v) is 7.95. The van der Waals surface area contributed by atoms with Gasteiger partial charge in [-0.2, -0.15) is 0 Å². The third-order valence-corrected chi connectivity index (χ3v) is 4.79. The van der Waals surface area contributed by atoms with E-state index in [0.29, 0.717) is 18.5 Å². The van der Waals surface area contributed by atoms with E-state index in [1.807, 2.05) is 0 Å². The maximum absolute atomic E-state index is 10.0. The van der Waals surface area contributed by atoms with Crippen molar-refractivity contribution in [3.05, 3.63) is 16.9 Å². The van der Waals surface area contributed by atoms with E-state index < -0.39 is 0 Å². The lowest BCUT2D eigenvalue weighted by Crippen LogP contribution is -2.37. The summed E-state index contributed by atoms with van der Waals surface area (Å²) in [5.41, 5.74) is 0. The van der Waals surface area contributed by atoms with Crippen molar-refractivity contribution in [3.8, 4) is 0 Å². The minimum Gasteiger partial charge on any atom is -0.391 e. The highest BCUT2D eigenvalue weighted by Gasteiger charge is 2.37. The average Bonchev–Trinajstić information content (AvgIpc) is 2.83. The number of hydrogen-bond acceptors (Lipinski definition) is 4. The molecule has 0 amide bonds. The molecular formula is C14H20BrN3O. The van der Waals surface area contributed by atoms with Gasteiger partial charge in [0, 0.05) is 25.0 Å². The molecule has 2 atom stereocenters. The molecule has 1 aromatic rings. The number of anilines is 1. The van der Waals surface area contributed by atoms with Crippen LogP contribution in [0.5, 0.6) is 0 Å². The maximum atomic E-state index is 10.0. The number of nitrogens with zero attached hydrogens (tertiary/aromatic N) is 3. The first-order chi connectivity index (χ1) is 9.24.